The first-order valence-electron chi connectivity index (χ1n) is 6.30. The van der Waals surface area contributed by atoms with E-state index in [-0.39, 0.29) is 5.54 Å². The molecule has 1 heterocycles. The van der Waals surface area contributed by atoms with Crippen molar-refractivity contribution in [3.05, 3.63) is 28.2 Å². The monoisotopic (exact) mass is 296 g/mol. The molecule has 94 valence electrons. The van der Waals surface area contributed by atoms with Crippen molar-refractivity contribution < 1.29 is 0 Å². The van der Waals surface area contributed by atoms with Gasteiger partial charge in [-0.3, -0.25) is 0 Å². The molecule has 0 atom stereocenters. The van der Waals surface area contributed by atoms with Gasteiger partial charge >= 0.3 is 0 Å². The number of nitrogens with zero attached hydrogens (tertiary/aromatic N) is 1. The number of piperazine rings is 1. The molecule has 2 rings (SSSR count). The van der Waals surface area contributed by atoms with E-state index in [0.29, 0.717) is 0 Å². The van der Waals surface area contributed by atoms with Gasteiger partial charge in [-0.1, -0.05) is 22.9 Å². The number of hydrogen-bond donors (Lipinski definition) is 1. The van der Waals surface area contributed by atoms with Crippen LogP contribution in [-0.2, 0) is 6.42 Å². The van der Waals surface area contributed by atoms with Gasteiger partial charge in [-0.05, 0) is 44.0 Å². The zero-order valence-corrected chi connectivity index (χ0v) is 12.5. The van der Waals surface area contributed by atoms with E-state index in [1.54, 1.807) is 0 Å². The normalized spacial score (nSPS) is 19.4. The van der Waals surface area contributed by atoms with Gasteiger partial charge in [0.25, 0.3) is 0 Å². The molecule has 1 saturated heterocycles. The molecule has 0 bridgehead atoms. The van der Waals surface area contributed by atoms with E-state index in [9.17, 15) is 0 Å². The van der Waals surface area contributed by atoms with Crippen LogP contribution in [0.3, 0.4) is 0 Å². The summed E-state index contributed by atoms with van der Waals surface area (Å²) in [7, 11) is 0. The molecule has 0 aliphatic carbocycles. The molecule has 0 unspecified atom stereocenters. The third-order valence-electron chi connectivity index (χ3n) is 3.33. The topological polar surface area (TPSA) is 15.3 Å². The number of benzene rings is 1. The average Bonchev–Trinajstić information content (AvgIpc) is 2.27. The van der Waals surface area contributed by atoms with E-state index in [4.69, 9.17) is 0 Å². The molecule has 1 aromatic rings. The number of aryl methyl sites for hydroxylation is 1. The third-order valence-corrected chi connectivity index (χ3v) is 3.83. The Bertz CT molecular complexity index is 401. The number of anilines is 1. The van der Waals surface area contributed by atoms with Crippen molar-refractivity contribution >= 4 is 21.6 Å². The van der Waals surface area contributed by atoms with Gasteiger partial charge in [0.1, 0.15) is 0 Å². The Labute approximate surface area is 113 Å². The van der Waals surface area contributed by atoms with Crippen molar-refractivity contribution in [2.24, 2.45) is 0 Å². The highest BCUT2D eigenvalue weighted by Gasteiger charge is 2.26. The lowest BCUT2D eigenvalue weighted by molar-refractivity contribution is 0.353. The first-order valence-corrected chi connectivity index (χ1v) is 7.09. The second kappa shape index (κ2) is 4.99. The van der Waals surface area contributed by atoms with E-state index in [1.807, 2.05) is 0 Å². The predicted octanol–water partition coefficient (Wildman–Crippen LogP) is 3.20. The van der Waals surface area contributed by atoms with Crippen LogP contribution < -0.4 is 10.2 Å². The number of rotatable bonds is 2. The summed E-state index contributed by atoms with van der Waals surface area (Å²) in [4.78, 5) is 2.50. The van der Waals surface area contributed by atoms with E-state index < -0.39 is 0 Å². The zero-order valence-electron chi connectivity index (χ0n) is 10.9. The van der Waals surface area contributed by atoms with Crippen molar-refractivity contribution in [1.29, 1.82) is 0 Å². The highest BCUT2D eigenvalue weighted by atomic mass is 79.9. The molecule has 1 N–H and O–H groups in total. The molecule has 0 amide bonds. The quantitative estimate of drug-likeness (QED) is 0.902. The molecule has 3 heteroatoms. The van der Waals surface area contributed by atoms with Crippen LogP contribution in [0.1, 0.15) is 26.3 Å². The minimum atomic E-state index is 0.205. The Balaban J connectivity index is 2.27. The largest absolute Gasteiger partial charge is 0.368 e. The van der Waals surface area contributed by atoms with Crippen LogP contribution in [0.5, 0.6) is 0 Å². The van der Waals surface area contributed by atoms with Crippen molar-refractivity contribution in [2.75, 3.05) is 24.5 Å². The van der Waals surface area contributed by atoms with Gasteiger partial charge in [0.2, 0.25) is 0 Å². The van der Waals surface area contributed by atoms with E-state index in [0.717, 1.165) is 26.1 Å². The van der Waals surface area contributed by atoms with Crippen LogP contribution in [0.25, 0.3) is 0 Å². The van der Waals surface area contributed by atoms with Crippen LogP contribution in [0.4, 0.5) is 5.69 Å². The second-order valence-corrected chi connectivity index (χ2v) is 6.27. The molecule has 17 heavy (non-hydrogen) atoms. The molecule has 1 fully saturated rings. The molecule has 0 aromatic heterocycles. The van der Waals surface area contributed by atoms with E-state index >= 15 is 0 Å². The molecule has 0 radical (unpaired) electrons. The molecular weight excluding hydrogens is 276 g/mol. The number of nitrogens with one attached hydrogen (secondary N) is 1. The number of halogens is 1. The lowest BCUT2D eigenvalue weighted by Gasteiger charge is -2.41. The molecule has 1 aliphatic heterocycles. The maximum atomic E-state index is 3.56. The molecule has 1 aromatic carbocycles. The summed E-state index contributed by atoms with van der Waals surface area (Å²) in [5.74, 6) is 0. The average molecular weight is 297 g/mol. The maximum absolute atomic E-state index is 3.56. The summed E-state index contributed by atoms with van der Waals surface area (Å²) >= 11 is 3.55. The van der Waals surface area contributed by atoms with Gasteiger partial charge in [-0.2, -0.15) is 0 Å². The van der Waals surface area contributed by atoms with E-state index in [1.165, 1.54) is 15.7 Å². The Hall–Kier alpha value is -0.540. The summed E-state index contributed by atoms with van der Waals surface area (Å²) < 4.78 is 1.17. The van der Waals surface area contributed by atoms with Gasteiger partial charge in [-0.15, -0.1) is 0 Å². The summed E-state index contributed by atoms with van der Waals surface area (Å²) in [6, 6.07) is 6.62. The molecule has 0 saturated carbocycles. The Morgan fingerprint density at radius 3 is 2.82 bits per heavy atom. The lowest BCUT2D eigenvalue weighted by atomic mass is 10.00. The summed E-state index contributed by atoms with van der Waals surface area (Å²) in [5, 5.41) is 3.56. The Morgan fingerprint density at radius 1 is 1.41 bits per heavy atom. The highest BCUT2D eigenvalue weighted by Crippen LogP contribution is 2.27. The first-order chi connectivity index (χ1) is 8.02. The maximum Gasteiger partial charge on any atom is 0.0400 e. The summed E-state index contributed by atoms with van der Waals surface area (Å²) in [6.45, 7) is 9.98. The fourth-order valence-electron chi connectivity index (χ4n) is 2.49. The van der Waals surface area contributed by atoms with Gasteiger partial charge in [-0.25, -0.2) is 0 Å². The van der Waals surface area contributed by atoms with Gasteiger partial charge in [0, 0.05) is 35.3 Å². The van der Waals surface area contributed by atoms with Crippen LogP contribution in [0.15, 0.2) is 22.7 Å². The van der Waals surface area contributed by atoms with Crippen molar-refractivity contribution in [1.82, 2.24) is 5.32 Å². The Morgan fingerprint density at radius 2 is 2.18 bits per heavy atom. The van der Waals surface area contributed by atoms with Gasteiger partial charge in [0.05, 0.1) is 0 Å². The highest BCUT2D eigenvalue weighted by molar-refractivity contribution is 9.10. The van der Waals surface area contributed by atoms with Crippen molar-refractivity contribution in [2.45, 2.75) is 32.7 Å². The van der Waals surface area contributed by atoms with Gasteiger partial charge in [0.15, 0.2) is 0 Å². The summed E-state index contributed by atoms with van der Waals surface area (Å²) in [5.41, 5.74) is 3.03. The van der Waals surface area contributed by atoms with Crippen LogP contribution in [0, 0.1) is 0 Å². The van der Waals surface area contributed by atoms with Crippen LogP contribution >= 0.6 is 15.9 Å². The van der Waals surface area contributed by atoms with Gasteiger partial charge < -0.3 is 10.2 Å². The second-order valence-electron chi connectivity index (χ2n) is 5.36. The van der Waals surface area contributed by atoms with Crippen molar-refractivity contribution in [3.63, 3.8) is 0 Å². The first kappa shape index (κ1) is 12.9. The standard InChI is InChI=1S/C14H21BrN2/c1-4-11-9-12(15)5-6-13(11)17-8-7-16-14(2,3)10-17/h5-6,9,16H,4,7-8,10H2,1-3H3. The SMILES string of the molecule is CCc1cc(Br)ccc1N1CCNC(C)(C)C1. The van der Waals surface area contributed by atoms with Crippen molar-refractivity contribution in [3.8, 4) is 0 Å². The summed E-state index contributed by atoms with van der Waals surface area (Å²) in [6.07, 6.45) is 1.08. The predicted molar refractivity (Wildman–Crippen MR) is 77.8 cm³/mol. The Kier molecular flexibility index (Phi) is 3.79. The van der Waals surface area contributed by atoms with E-state index in [2.05, 4.69) is 65.1 Å². The minimum Gasteiger partial charge on any atom is -0.368 e. The number of hydrogen-bond acceptors (Lipinski definition) is 2. The zero-order chi connectivity index (χ0) is 12.5. The lowest BCUT2D eigenvalue weighted by Crippen LogP contribution is -2.57. The molecule has 2 nitrogen and oxygen atoms in total. The molecular formula is C14H21BrN2. The smallest absolute Gasteiger partial charge is 0.0400 e. The fourth-order valence-corrected chi connectivity index (χ4v) is 2.90. The fraction of sp³-hybridized carbons (Fsp3) is 0.571. The van der Waals surface area contributed by atoms with Crippen LogP contribution in [0.2, 0.25) is 0 Å². The molecule has 0 spiro atoms. The molecule has 1 aliphatic rings. The minimum absolute atomic E-state index is 0.205. The third kappa shape index (κ3) is 3.02. The van der Waals surface area contributed by atoms with Crippen LogP contribution in [-0.4, -0.2) is 25.2 Å².